The van der Waals surface area contributed by atoms with Gasteiger partial charge < -0.3 is 10.2 Å². The van der Waals surface area contributed by atoms with E-state index >= 15 is 0 Å². The fourth-order valence-corrected chi connectivity index (χ4v) is 5.90. The van der Waals surface area contributed by atoms with Crippen molar-refractivity contribution in [3.63, 3.8) is 0 Å². The van der Waals surface area contributed by atoms with Crippen LogP contribution >= 0.6 is 23.2 Å². The van der Waals surface area contributed by atoms with Crippen molar-refractivity contribution in [1.29, 1.82) is 0 Å². The molecule has 3 aromatic rings. The van der Waals surface area contributed by atoms with Crippen LogP contribution in [-0.4, -0.2) is 44.8 Å². The van der Waals surface area contributed by atoms with Crippen LogP contribution in [0.2, 0.25) is 10.0 Å². The van der Waals surface area contributed by atoms with Crippen molar-refractivity contribution in [2.75, 3.05) is 17.9 Å². The molecule has 3 rings (SSSR count). The second-order valence-corrected chi connectivity index (χ2v) is 12.3. The number of halogens is 2. The molecule has 208 valence electrons. The zero-order valence-corrected chi connectivity index (χ0v) is 24.9. The van der Waals surface area contributed by atoms with Gasteiger partial charge in [0.25, 0.3) is 10.0 Å². The summed E-state index contributed by atoms with van der Waals surface area (Å²) in [5.41, 5.74) is 2.85. The number of benzene rings is 3. The average molecular weight is 591 g/mol. The Bertz CT molecular complexity index is 1430. The van der Waals surface area contributed by atoms with Crippen molar-refractivity contribution in [3.8, 4) is 0 Å². The highest BCUT2D eigenvalue weighted by Crippen LogP contribution is 2.28. The summed E-state index contributed by atoms with van der Waals surface area (Å²) in [5, 5.41) is 3.32. The van der Waals surface area contributed by atoms with Crippen molar-refractivity contribution < 1.29 is 18.0 Å². The van der Waals surface area contributed by atoms with E-state index in [1.54, 1.807) is 49.4 Å². The molecule has 2 amide bonds. The summed E-state index contributed by atoms with van der Waals surface area (Å²) in [4.78, 5) is 27.8. The van der Waals surface area contributed by atoms with Gasteiger partial charge in [0.05, 0.1) is 10.6 Å². The molecule has 39 heavy (non-hydrogen) atoms. The number of rotatable bonds is 10. The van der Waals surface area contributed by atoms with Gasteiger partial charge in [0, 0.05) is 23.6 Å². The van der Waals surface area contributed by atoms with Crippen LogP contribution in [0.4, 0.5) is 5.69 Å². The average Bonchev–Trinajstić information content (AvgIpc) is 2.90. The Kier molecular flexibility index (Phi) is 10.0. The third-order valence-electron chi connectivity index (χ3n) is 6.51. The summed E-state index contributed by atoms with van der Waals surface area (Å²) in [7, 11) is -2.66. The molecular formula is C29H33Cl2N3O4S. The molecule has 0 heterocycles. The minimum absolute atomic E-state index is 0.0197. The van der Waals surface area contributed by atoms with Crippen molar-refractivity contribution in [2.45, 2.75) is 51.1 Å². The number of likely N-dealkylation sites (N-methyl/N-ethyl adjacent to an activating group) is 1. The molecule has 10 heteroatoms. The first kappa shape index (κ1) is 30.5. The van der Waals surface area contributed by atoms with Gasteiger partial charge in [-0.2, -0.15) is 0 Å². The van der Waals surface area contributed by atoms with E-state index in [9.17, 15) is 18.0 Å². The molecule has 7 nitrogen and oxygen atoms in total. The molecule has 3 aromatic carbocycles. The summed E-state index contributed by atoms with van der Waals surface area (Å²) in [6, 6.07) is 17.5. The molecule has 0 radical (unpaired) electrons. The summed E-state index contributed by atoms with van der Waals surface area (Å²) < 4.78 is 28.8. The lowest BCUT2D eigenvalue weighted by Crippen LogP contribution is -2.50. The van der Waals surface area contributed by atoms with Crippen LogP contribution in [0, 0.1) is 6.92 Å². The topological polar surface area (TPSA) is 86.8 Å². The Morgan fingerprint density at radius 2 is 1.54 bits per heavy atom. The lowest BCUT2D eigenvalue weighted by atomic mass is 10.0. The molecular weight excluding hydrogens is 557 g/mol. The van der Waals surface area contributed by atoms with Gasteiger partial charge in [0.1, 0.15) is 12.6 Å². The van der Waals surface area contributed by atoms with Crippen molar-refractivity contribution in [3.05, 3.63) is 93.5 Å². The number of hydrogen-bond acceptors (Lipinski definition) is 4. The second-order valence-electron chi connectivity index (χ2n) is 9.62. The molecule has 0 aromatic heterocycles. The normalized spacial score (nSPS) is 12.2. The Hall–Kier alpha value is -3.07. The molecule has 1 atom stereocenters. The van der Waals surface area contributed by atoms with Gasteiger partial charge in [-0.15, -0.1) is 0 Å². The van der Waals surface area contributed by atoms with Crippen LogP contribution < -0.4 is 9.62 Å². The van der Waals surface area contributed by atoms with E-state index in [4.69, 9.17) is 23.2 Å². The van der Waals surface area contributed by atoms with Crippen molar-refractivity contribution in [1.82, 2.24) is 10.2 Å². The highest BCUT2D eigenvalue weighted by Gasteiger charge is 2.32. The number of aryl methyl sites for hydroxylation is 1. The summed E-state index contributed by atoms with van der Waals surface area (Å²) >= 11 is 12.4. The van der Waals surface area contributed by atoms with E-state index in [1.165, 1.54) is 24.1 Å². The molecule has 1 N–H and O–H groups in total. The zero-order valence-electron chi connectivity index (χ0n) is 22.6. The summed E-state index contributed by atoms with van der Waals surface area (Å²) in [5.74, 6) is -0.723. The summed E-state index contributed by atoms with van der Waals surface area (Å²) in [6.07, 6.45) is 0. The highest BCUT2D eigenvalue weighted by molar-refractivity contribution is 7.92. The van der Waals surface area contributed by atoms with Gasteiger partial charge in [0.15, 0.2) is 0 Å². The summed E-state index contributed by atoms with van der Waals surface area (Å²) in [6.45, 7) is 6.98. The number of nitrogens with zero attached hydrogens (tertiary/aromatic N) is 2. The quantitative estimate of drug-likeness (QED) is 0.324. The predicted octanol–water partition coefficient (Wildman–Crippen LogP) is 5.78. The molecule has 0 aliphatic heterocycles. The molecule has 0 aliphatic carbocycles. The fraction of sp³-hybridized carbons (Fsp3) is 0.310. The van der Waals surface area contributed by atoms with Gasteiger partial charge in [0.2, 0.25) is 11.8 Å². The van der Waals surface area contributed by atoms with Gasteiger partial charge in [-0.25, -0.2) is 8.42 Å². The Balaban J connectivity index is 2.06. The van der Waals surface area contributed by atoms with Crippen molar-refractivity contribution in [2.24, 2.45) is 0 Å². The van der Waals surface area contributed by atoms with E-state index in [2.05, 4.69) is 5.32 Å². The maximum absolute atomic E-state index is 13.9. The Morgan fingerprint density at radius 1 is 0.923 bits per heavy atom. The standard InChI is InChI=1S/C29H33Cl2N3O4S/c1-19(2)22-9-12-25(13-10-22)34(39(37,38)26-14-6-20(3)7-15-26)18-28(35)33(21(4)29(36)32-5)17-23-8-11-24(30)16-27(23)31/h6-16,19,21H,17-18H2,1-5H3,(H,32,36)/t21-/m1/s1. The van der Waals surface area contributed by atoms with Crippen LogP contribution in [0.5, 0.6) is 0 Å². The molecule has 0 fully saturated rings. The smallest absolute Gasteiger partial charge is 0.264 e. The van der Waals surface area contributed by atoms with Crippen LogP contribution in [0.3, 0.4) is 0 Å². The fourth-order valence-electron chi connectivity index (χ4n) is 4.02. The van der Waals surface area contributed by atoms with E-state index in [0.717, 1.165) is 15.4 Å². The van der Waals surface area contributed by atoms with Crippen LogP contribution in [0.15, 0.2) is 71.6 Å². The number of carbonyl (C=O) groups excluding carboxylic acids is 2. The van der Waals surface area contributed by atoms with Crippen LogP contribution in [0.1, 0.15) is 43.4 Å². The SMILES string of the molecule is CNC(=O)[C@@H](C)N(Cc1ccc(Cl)cc1Cl)C(=O)CN(c1ccc(C(C)C)cc1)S(=O)(=O)c1ccc(C)cc1. The molecule has 0 spiro atoms. The third-order valence-corrected chi connectivity index (χ3v) is 8.88. The maximum Gasteiger partial charge on any atom is 0.264 e. The van der Waals surface area contributed by atoms with E-state index in [0.29, 0.717) is 21.3 Å². The molecule has 0 aliphatic rings. The first-order chi connectivity index (χ1) is 18.3. The van der Waals surface area contributed by atoms with Gasteiger partial charge >= 0.3 is 0 Å². The first-order valence-corrected chi connectivity index (χ1v) is 14.7. The van der Waals surface area contributed by atoms with E-state index in [-0.39, 0.29) is 17.4 Å². The number of sulfonamides is 1. The lowest BCUT2D eigenvalue weighted by molar-refractivity contribution is -0.139. The Labute approximate surface area is 240 Å². The molecule has 0 saturated heterocycles. The first-order valence-electron chi connectivity index (χ1n) is 12.5. The minimum atomic E-state index is -4.13. The zero-order chi connectivity index (χ0) is 28.9. The van der Waals surface area contributed by atoms with E-state index < -0.39 is 34.4 Å². The lowest BCUT2D eigenvalue weighted by Gasteiger charge is -2.32. The van der Waals surface area contributed by atoms with Crippen molar-refractivity contribution >= 4 is 50.7 Å². The number of anilines is 1. The largest absolute Gasteiger partial charge is 0.357 e. The molecule has 0 unspecified atom stereocenters. The molecule has 0 bridgehead atoms. The number of carbonyl (C=O) groups is 2. The molecule has 0 saturated carbocycles. The highest BCUT2D eigenvalue weighted by atomic mass is 35.5. The third kappa shape index (κ3) is 7.32. The second kappa shape index (κ2) is 12.9. The monoisotopic (exact) mass is 589 g/mol. The van der Waals surface area contributed by atoms with Gasteiger partial charge in [-0.3, -0.25) is 13.9 Å². The predicted molar refractivity (Wildman–Crippen MR) is 157 cm³/mol. The van der Waals surface area contributed by atoms with Crippen LogP contribution in [-0.2, 0) is 26.2 Å². The van der Waals surface area contributed by atoms with Gasteiger partial charge in [-0.05, 0) is 67.3 Å². The van der Waals surface area contributed by atoms with Crippen LogP contribution in [0.25, 0.3) is 0 Å². The number of nitrogens with one attached hydrogen (secondary N) is 1. The Morgan fingerprint density at radius 3 is 2.08 bits per heavy atom. The number of hydrogen-bond donors (Lipinski definition) is 1. The van der Waals surface area contributed by atoms with E-state index in [1.807, 2.05) is 32.9 Å². The maximum atomic E-state index is 13.9. The van der Waals surface area contributed by atoms with Gasteiger partial charge in [-0.1, -0.05) is 72.9 Å². The number of amides is 2. The minimum Gasteiger partial charge on any atom is -0.357 e.